The number of hydrogen-bond donors (Lipinski definition) is 2. The lowest BCUT2D eigenvalue weighted by atomic mass is 10.0. The summed E-state index contributed by atoms with van der Waals surface area (Å²) in [5, 5.41) is 0. The Morgan fingerprint density at radius 2 is 1.94 bits per heavy atom. The molecule has 0 aromatic carbocycles. The number of rotatable bonds is 4. The Balaban J connectivity index is 1.74. The van der Waals surface area contributed by atoms with Crippen LogP contribution in [0.1, 0.15) is 35.6 Å². The molecule has 7 nitrogen and oxygen atoms in total. The first kappa shape index (κ1) is 19.7. The molecular formula is C22H20FN5O2S. The summed E-state index contributed by atoms with van der Waals surface area (Å²) in [6.07, 6.45) is 2.82. The maximum Gasteiger partial charge on any atom is 0.354 e. The molecule has 0 radical (unpaired) electrons. The fourth-order valence-electron chi connectivity index (χ4n) is 4.02. The van der Waals surface area contributed by atoms with Crippen LogP contribution in [-0.2, 0) is 6.54 Å². The topological polar surface area (TPSA) is 108 Å². The van der Waals surface area contributed by atoms with Gasteiger partial charge in [-0.1, -0.05) is 6.07 Å². The molecule has 0 spiro atoms. The molecule has 0 bridgehead atoms. The fourth-order valence-corrected chi connectivity index (χ4v) is 5.10. The third-order valence-corrected chi connectivity index (χ3v) is 6.80. The highest BCUT2D eigenvalue weighted by molar-refractivity contribution is 7.18. The van der Waals surface area contributed by atoms with E-state index in [1.807, 2.05) is 30.3 Å². The molecule has 0 amide bonds. The summed E-state index contributed by atoms with van der Waals surface area (Å²) in [6.45, 7) is 2.08. The Labute approximate surface area is 180 Å². The summed E-state index contributed by atoms with van der Waals surface area (Å²) in [6, 6.07) is 9.34. The van der Waals surface area contributed by atoms with E-state index in [0.29, 0.717) is 38.3 Å². The quantitative estimate of drug-likeness (QED) is 0.477. The normalized spacial score (nSPS) is 13.8. The first-order valence-electron chi connectivity index (χ1n) is 9.92. The second-order valence-corrected chi connectivity index (χ2v) is 8.81. The van der Waals surface area contributed by atoms with Crippen LogP contribution in [0, 0.1) is 12.7 Å². The van der Waals surface area contributed by atoms with Crippen molar-refractivity contribution in [3.05, 3.63) is 80.0 Å². The third kappa shape index (κ3) is 3.08. The Morgan fingerprint density at radius 3 is 2.65 bits per heavy atom. The fraction of sp³-hybridized carbons (Fsp3) is 0.227. The summed E-state index contributed by atoms with van der Waals surface area (Å²) in [5.74, 6) is 5.18. The second-order valence-electron chi connectivity index (χ2n) is 7.72. The van der Waals surface area contributed by atoms with Crippen molar-refractivity contribution in [2.75, 3.05) is 5.84 Å². The van der Waals surface area contributed by atoms with Crippen molar-refractivity contribution < 1.29 is 4.39 Å². The van der Waals surface area contributed by atoms with E-state index in [4.69, 9.17) is 11.6 Å². The van der Waals surface area contributed by atoms with Gasteiger partial charge in [-0.3, -0.25) is 14.2 Å². The van der Waals surface area contributed by atoms with E-state index in [9.17, 15) is 9.59 Å². The second kappa shape index (κ2) is 7.14. The monoisotopic (exact) mass is 437 g/mol. The minimum Gasteiger partial charge on any atom is -0.332 e. The molecule has 9 heteroatoms. The molecule has 1 fully saturated rings. The zero-order valence-corrected chi connectivity index (χ0v) is 17.6. The standard InChI is InChI=1S/C22H20FN5O2S/c1-11-18(17-8-7-16(31-17)15-4-2-3-13(9-24)26-15)14(23)10-27-20(11)19(12-5-6-12)21(29)28(25)22(27)30/h2-4,7-8,10,12H,5-6,9,24-25H2,1H3. The maximum absolute atomic E-state index is 15.2. The van der Waals surface area contributed by atoms with Crippen LogP contribution in [0.4, 0.5) is 4.39 Å². The average molecular weight is 438 g/mol. The van der Waals surface area contributed by atoms with Crippen LogP contribution in [-0.4, -0.2) is 14.1 Å². The van der Waals surface area contributed by atoms with Crippen molar-refractivity contribution in [3.63, 3.8) is 0 Å². The van der Waals surface area contributed by atoms with Gasteiger partial charge in [0.2, 0.25) is 0 Å². The van der Waals surface area contributed by atoms with Gasteiger partial charge in [-0.05, 0) is 55.5 Å². The zero-order chi connectivity index (χ0) is 21.9. The number of thiophene rings is 1. The van der Waals surface area contributed by atoms with Crippen LogP contribution in [0.15, 0.2) is 46.1 Å². The molecule has 0 aliphatic heterocycles. The van der Waals surface area contributed by atoms with E-state index in [1.54, 1.807) is 6.92 Å². The van der Waals surface area contributed by atoms with E-state index in [0.717, 1.165) is 39.7 Å². The molecule has 31 heavy (non-hydrogen) atoms. The number of fused-ring (bicyclic) bond motifs is 1. The predicted molar refractivity (Wildman–Crippen MR) is 119 cm³/mol. The van der Waals surface area contributed by atoms with E-state index >= 15 is 4.39 Å². The largest absolute Gasteiger partial charge is 0.354 e. The lowest BCUT2D eigenvalue weighted by Crippen LogP contribution is -2.44. The van der Waals surface area contributed by atoms with Crippen LogP contribution in [0.25, 0.3) is 26.5 Å². The Kier molecular flexibility index (Phi) is 4.53. The van der Waals surface area contributed by atoms with E-state index in [2.05, 4.69) is 4.98 Å². The zero-order valence-electron chi connectivity index (χ0n) is 16.8. The SMILES string of the molecule is Cc1c(-c2ccc(-c3cccc(CN)n3)s2)c(F)cn2c(=O)n(N)c(=O)c(C3CC3)c12. The summed E-state index contributed by atoms with van der Waals surface area (Å²) in [7, 11) is 0. The van der Waals surface area contributed by atoms with E-state index < -0.39 is 17.1 Å². The van der Waals surface area contributed by atoms with Crippen LogP contribution in [0.5, 0.6) is 0 Å². The molecule has 0 atom stereocenters. The lowest BCUT2D eigenvalue weighted by molar-refractivity contribution is 0.616. The van der Waals surface area contributed by atoms with Gasteiger partial charge in [-0.2, -0.15) is 4.68 Å². The van der Waals surface area contributed by atoms with Crippen molar-refractivity contribution in [1.29, 1.82) is 0 Å². The van der Waals surface area contributed by atoms with Gasteiger partial charge in [0, 0.05) is 22.5 Å². The molecule has 4 N–H and O–H groups in total. The number of hydrogen-bond acceptors (Lipinski definition) is 6. The smallest absolute Gasteiger partial charge is 0.332 e. The van der Waals surface area contributed by atoms with Gasteiger partial charge in [0.25, 0.3) is 5.56 Å². The summed E-state index contributed by atoms with van der Waals surface area (Å²) >= 11 is 1.40. The number of nitrogen functional groups attached to an aromatic ring is 1. The van der Waals surface area contributed by atoms with Crippen molar-refractivity contribution in [1.82, 2.24) is 14.1 Å². The number of aromatic nitrogens is 3. The minimum absolute atomic E-state index is 0.0389. The molecule has 158 valence electrons. The minimum atomic E-state index is -0.757. The van der Waals surface area contributed by atoms with E-state index in [1.165, 1.54) is 11.3 Å². The molecule has 4 heterocycles. The van der Waals surface area contributed by atoms with Crippen molar-refractivity contribution in [2.24, 2.45) is 5.73 Å². The van der Waals surface area contributed by atoms with Crippen LogP contribution in [0.3, 0.4) is 0 Å². The summed E-state index contributed by atoms with van der Waals surface area (Å²) < 4.78 is 17.0. The molecule has 1 aliphatic carbocycles. The molecule has 0 unspecified atom stereocenters. The molecule has 1 aliphatic rings. The summed E-state index contributed by atoms with van der Waals surface area (Å²) in [4.78, 5) is 31.4. The van der Waals surface area contributed by atoms with E-state index in [-0.39, 0.29) is 5.92 Å². The van der Waals surface area contributed by atoms with Crippen molar-refractivity contribution in [3.8, 4) is 21.0 Å². The Hall–Kier alpha value is -3.30. The van der Waals surface area contributed by atoms with Gasteiger partial charge in [0.05, 0.1) is 28.0 Å². The number of pyridine rings is 2. The first-order chi connectivity index (χ1) is 14.9. The van der Waals surface area contributed by atoms with Gasteiger partial charge in [0.15, 0.2) is 0 Å². The van der Waals surface area contributed by atoms with Crippen molar-refractivity contribution in [2.45, 2.75) is 32.2 Å². The van der Waals surface area contributed by atoms with Crippen LogP contribution >= 0.6 is 11.3 Å². The molecule has 0 saturated heterocycles. The number of nitrogens with zero attached hydrogens (tertiary/aromatic N) is 3. The number of nitrogens with two attached hydrogens (primary N) is 2. The summed E-state index contributed by atoms with van der Waals surface area (Å²) in [5.41, 5.74) is 7.82. The van der Waals surface area contributed by atoms with Gasteiger partial charge < -0.3 is 11.6 Å². The average Bonchev–Trinajstić information content (AvgIpc) is 3.49. The van der Waals surface area contributed by atoms with Crippen molar-refractivity contribution >= 4 is 16.9 Å². The molecular weight excluding hydrogens is 417 g/mol. The highest BCUT2D eigenvalue weighted by Gasteiger charge is 2.32. The Bertz CT molecular complexity index is 1470. The first-order valence-corrected chi connectivity index (χ1v) is 10.7. The molecule has 4 aromatic rings. The Morgan fingerprint density at radius 1 is 1.19 bits per heavy atom. The molecule has 1 saturated carbocycles. The molecule has 4 aromatic heterocycles. The predicted octanol–water partition coefficient (Wildman–Crippen LogP) is 2.75. The number of halogens is 1. The van der Waals surface area contributed by atoms with Gasteiger partial charge in [-0.15, -0.1) is 11.3 Å². The van der Waals surface area contributed by atoms with Crippen LogP contribution < -0.4 is 22.8 Å². The van der Waals surface area contributed by atoms with Gasteiger partial charge >= 0.3 is 5.69 Å². The molecule has 5 rings (SSSR count). The lowest BCUT2D eigenvalue weighted by Gasteiger charge is -2.15. The van der Waals surface area contributed by atoms with Gasteiger partial charge in [0.1, 0.15) is 5.82 Å². The highest BCUT2D eigenvalue weighted by atomic mass is 32.1. The van der Waals surface area contributed by atoms with Gasteiger partial charge in [-0.25, -0.2) is 9.18 Å². The number of aryl methyl sites for hydroxylation is 1. The van der Waals surface area contributed by atoms with Crippen LogP contribution in [0.2, 0.25) is 0 Å². The maximum atomic E-state index is 15.2. The highest BCUT2D eigenvalue weighted by Crippen LogP contribution is 2.43. The third-order valence-electron chi connectivity index (χ3n) is 5.68.